The van der Waals surface area contributed by atoms with E-state index in [2.05, 4.69) is 46.9 Å². The lowest BCUT2D eigenvalue weighted by Gasteiger charge is -2.37. The van der Waals surface area contributed by atoms with E-state index in [1.54, 1.807) is 0 Å². The molecule has 1 N–H and O–H groups in total. The standard InChI is InChI=1S/C16H29NO2/c1-11(2)16(7-8-17-10-16)13(18)12-9-14(3,4)19-15(12,5)6/h11-12,17H,7-10H2,1-6H3. The van der Waals surface area contributed by atoms with Gasteiger partial charge in [-0.2, -0.15) is 0 Å². The van der Waals surface area contributed by atoms with Crippen molar-refractivity contribution in [1.29, 1.82) is 0 Å². The molecule has 2 heterocycles. The van der Waals surface area contributed by atoms with Crippen molar-refractivity contribution in [3.63, 3.8) is 0 Å². The fraction of sp³-hybridized carbons (Fsp3) is 0.938. The van der Waals surface area contributed by atoms with Gasteiger partial charge in [-0.05, 0) is 53.0 Å². The number of Topliss-reactive ketones (excluding diaryl/α,β-unsaturated/α-hetero) is 1. The number of ketones is 1. The molecule has 0 spiro atoms. The first-order chi connectivity index (χ1) is 8.61. The molecule has 0 saturated carbocycles. The normalized spacial score (nSPS) is 36.9. The summed E-state index contributed by atoms with van der Waals surface area (Å²) >= 11 is 0. The topological polar surface area (TPSA) is 38.3 Å². The van der Waals surface area contributed by atoms with E-state index in [0.717, 1.165) is 25.9 Å². The molecule has 0 radical (unpaired) electrons. The maximum atomic E-state index is 13.2. The molecule has 0 aromatic carbocycles. The summed E-state index contributed by atoms with van der Waals surface area (Å²) in [4.78, 5) is 13.2. The lowest BCUT2D eigenvalue weighted by atomic mass is 9.66. The van der Waals surface area contributed by atoms with Gasteiger partial charge < -0.3 is 10.1 Å². The maximum absolute atomic E-state index is 13.2. The Bertz CT molecular complexity index is 365. The highest BCUT2D eigenvalue weighted by molar-refractivity contribution is 5.89. The molecule has 2 rings (SSSR count). The third kappa shape index (κ3) is 2.47. The van der Waals surface area contributed by atoms with Crippen molar-refractivity contribution < 1.29 is 9.53 Å². The van der Waals surface area contributed by atoms with Gasteiger partial charge in [0.2, 0.25) is 0 Å². The number of hydrogen-bond acceptors (Lipinski definition) is 3. The molecule has 3 heteroatoms. The highest BCUT2D eigenvalue weighted by Gasteiger charge is 2.55. The molecule has 2 fully saturated rings. The van der Waals surface area contributed by atoms with Gasteiger partial charge in [0, 0.05) is 17.9 Å². The average molecular weight is 267 g/mol. The zero-order chi connectivity index (χ0) is 14.5. The predicted molar refractivity (Wildman–Crippen MR) is 77.1 cm³/mol. The van der Waals surface area contributed by atoms with Crippen LogP contribution in [0.1, 0.15) is 54.4 Å². The molecule has 110 valence electrons. The van der Waals surface area contributed by atoms with Gasteiger partial charge >= 0.3 is 0 Å². The van der Waals surface area contributed by atoms with Crippen LogP contribution >= 0.6 is 0 Å². The van der Waals surface area contributed by atoms with Crippen LogP contribution in [-0.2, 0) is 9.53 Å². The second-order valence-electron chi connectivity index (χ2n) is 7.82. The minimum Gasteiger partial charge on any atom is -0.369 e. The summed E-state index contributed by atoms with van der Waals surface area (Å²) in [5, 5.41) is 3.39. The molecule has 0 aromatic rings. The summed E-state index contributed by atoms with van der Waals surface area (Å²) in [6.45, 7) is 14.5. The van der Waals surface area contributed by atoms with Crippen molar-refractivity contribution >= 4 is 5.78 Å². The fourth-order valence-corrected chi connectivity index (χ4v) is 4.02. The van der Waals surface area contributed by atoms with Crippen molar-refractivity contribution in [2.45, 2.75) is 65.6 Å². The minimum atomic E-state index is -0.342. The summed E-state index contributed by atoms with van der Waals surface area (Å²) in [6, 6.07) is 0. The van der Waals surface area contributed by atoms with Gasteiger partial charge in [0.05, 0.1) is 11.2 Å². The SMILES string of the molecule is CC(C)C1(C(=O)C2CC(C)(C)OC2(C)C)CCNC1. The first-order valence-corrected chi connectivity index (χ1v) is 7.56. The molecule has 2 saturated heterocycles. The van der Waals surface area contributed by atoms with Gasteiger partial charge in [0.1, 0.15) is 5.78 Å². The van der Waals surface area contributed by atoms with E-state index in [4.69, 9.17) is 4.74 Å². The van der Waals surface area contributed by atoms with Crippen LogP contribution in [0.15, 0.2) is 0 Å². The van der Waals surface area contributed by atoms with Crippen LogP contribution in [0.5, 0.6) is 0 Å². The van der Waals surface area contributed by atoms with E-state index < -0.39 is 0 Å². The molecular weight excluding hydrogens is 238 g/mol. The van der Waals surface area contributed by atoms with E-state index in [9.17, 15) is 4.79 Å². The highest BCUT2D eigenvalue weighted by atomic mass is 16.5. The van der Waals surface area contributed by atoms with E-state index >= 15 is 0 Å². The Morgan fingerprint density at radius 2 is 1.89 bits per heavy atom. The zero-order valence-electron chi connectivity index (χ0n) is 13.3. The Labute approximate surface area is 117 Å². The molecule has 0 amide bonds. The molecule has 2 atom stereocenters. The molecule has 0 aromatic heterocycles. The van der Waals surface area contributed by atoms with Gasteiger partial charge in [0.15, 0.2) is 0 Å². The number of carbonyl (C=O) groups excluding carboxylic acids is 1. The number of carbonyl (C=O) groups is 1. The highest BCUT2D eigenvalue weighted by Crippen LogP contribution is 2.48. The third-order valence-electron chi connectivity index (χ3n) is 5.17. The van der Waals surface area contributed by atoms with Crippen LogP contribution in [0.25, 0.3) is 0 Å². The van der Waals surface area contributed by atoms with Crippen LogP contribution in [0.4, 0.5) is 0 Å². The largest absolute Gasteiger partial charge is 0.369 e. The number of rotatable bonds is 3. The summed E-state index contributed by atoms with van der Waals surface area (Å²) in [5.74, 6) is 0.822. The van der Waals surface area contributed by atoms with Crippen LogP contribution in [0, 0.1) is 17.3 Å². The van der Waals surface area contributed by atoms with Gasteiger partial charge in [-0.3, -0.25) is 4.79 Å². The van der Waals surface area contributed by atoms with Crippen LogP contribution in [-0.4, -0.2) is 30.1 Å². The molecule has 3 nitrogen and oxygen atoms in total. The smallest absolute Gasteiger partial charge is 0.146 e. The third-order valence-corrected chi connectivity index (χ3v) is 5.17. The Morgan fingerprint density at radius 3 is 2.26 bits per heavy atom. The molecule has 2 unspecified atom stereocenters. The second kappa shape index (κ2) is 4.56. The van der Waals surface area contributed by atoms with Crippen molar-refractivity contribution in [2.75, 3.05) is 13.1 Å². The summed E-state index contributed by atoms with van der Waals surface area (Å²) in [7, 11) is 0. The minimum absolute atomic E-state index is 0.0183. The molecule has 0 aliphatic carbocycles. The predicted octanol–water partition coefficient (Wildman–Crippen LogP) is 2.78. The molecule has 2 aliphatic rings. The molecule has 19 heavy (non-hydrogen) atoms. The Kier molecular flexibility index (Phi) is 3.60. The molecule has 0 bridgehead atoms. The van der Waals surface area contributed by atoms with Crippen LogP contribution < -0.4 is 5.32 Å². The van der Waals surface area contributed by atoms with Gasteiger partial charge in [0.25, 0.3) is 0 Å². The number of ether oxygens (including phenoxy) is 1. The van der Waals surface area contributed by atoms with Crippen LogP contribution in [0.3, 0.4) is 0 Å². The summed E-state index contributed by atoms with van der Waals surface area (Å²) in [5.41, 5.74) is -0.717. The lowest BCUT2D eigenvalue weighted by Crippen LogP contribution is -2.47. The number of nitrogens with one attached hydrogen (secondary N) is 1. The first-order valence-electron chi connectivity index (χ1n) is 7.56. The molecular formula is C16H29NO2. The first kappa shape index (κ1) is 15.0. The van der Waals surface area contributed by atoms with Gasteiger partial charge in [-0.25, -0.2) is 0 Å². The van der Waals surface area contributed by atoms with Crippen LogP contribution in [0.2, 0.25) is 0 Å². The van der Waals surface area contributed by atoms with E-state index in [0.29, 0.717) is 11.7 Å². The van der Waals surface area contributed by atoms with Gasteiger partial charge in [-0.1, -0.05) is 13.8 Å². The summed E-state index contributed by atoms with van der Waals surface area (Å²) in [6.07, 6.45) is 1.81. The van der Waals surface area contributed by atoms with Crippen molar-refractivity contribution in [1.82, 2.24) is 5.32 Å². The van der Waals surface area contributed by atoms with E-state index in [1.165, 1.54) is 0 Å². The Morgan fingerprint density at radius 1 is 1.26 bits per heavy atom. The Hall–Kier alpha value is -0.410. The van der Waals surface area contributed by atoms with Crippen molar-refractivity contribution in [2.24, 2.45) is 17.3 Å². The monoisotopic (exact) mass is 267 g/mol. The molecule has 2 aliphatic heterocycles. The maximum Gasteiger partial charge on any atom is 0.146 e. The lowest BCUT2D eigenvalue weighted by molar-refractivity contribution is -0.140. The van der Waals surface area contributed by atoms with Crippen molar-refractivity contribution in [3.8, 4) is 0 Å². The zero-order valence-corrected chi connectivity index (χ0v) is 13.3. The number of hydrogen-bond donors (Lipinski definition) is 1. The quantitative estimate of drug-likeness (QED) is 0.854. The second-order valence-corrected chi connectivity index (χ2v) is 7.82. The average Bonchev–Trinajstić information content (AvgIpc) is 2.80. The van der Waals surface area contributed by atoms with Gasteiger partial charge in [-0.15, -0.1) is 0 Å². The summed E-state index contributed by atoms with van der Waals surface area (Å²) < 4.78 is 6.11. The van der Waals surface area contributed by atoms with Crippen molar-refractivity contribution in [3.05, 3.63) is 0 Å². The fourth-order valence-electron chi connectivity index (χ4n) is 4.02. The Balaban J connectivity index is 2.28. The van der Waals surface area contributed by atoms with E-state index in [1.807, 2.05) is 0 Å². The van der Waals surface area contributed by atoms with E-state index in [-0.39, 0.29) is 22.5 Å².